The predicted octanol–water partition coefficient (Wildman–Crippen LogP) is 5.54. The van der Waals surface area contributed by atoms with Crippen LogP contribution in [0.3, 0.4) is 0 Å². The quantitative estimate of drug-likeness (QED) is 0.598. The molecule has 17 heavy (non-hydrogen) atoms. The highest BCUT2D eigenvalue weighted by Gasteiger charge is 2.05. The molecule has 2 rings (SSSR count). The molecular weight excluding hydrogens is 204 g/mol. The number of fused-ring (bicyclic) bond motifs is 1. The molecule has 0 fully saturated rings. The summed E-state index contributed by atoms with van der Waals surface area (Å²) in [7, 11) is 0. The number of unbranched alkanes of at least 4 members (excludes halogenated alkanes) is 4. The molecule has 1 aliphatic carbocycles. The van der Waals surface area contributed by atoms with Gasteiger partial charge in [0.2, 0.25) is 0 Å². The van der Waals surface area contributed by atoms with Crippen molar-refractivity contribution in [1.82, 2.24) is 0 Å². The van der Waals surface area contributed by atoms with Crippen molar-refractivity contribution in [2.24, 2.45) is 0 Å². The summed E-state index contributed by atoms with van der Waals surface area (Å²) in [5.74, 6) is 0. The first kappa shape index (κ1) is 14.3. The van der Waals surface area contributed by atoms with E-state index in [1.165, 1.54) is 57.8 Å². The molecule has 0 aliphatic heterocycles. The molecule has 0 N–H and O–H groups in total. The summed E-state index contributed by atoms with van der Waals surface area (Å²) in [5.41, 5.74) is 3.16. The third kappa shape index (κ3) is 5.91. The zero-order valence-corrected chi connectivity index (χ0v) is 11.7. The molecule has 0 heteroatoms. The third-order valence-corrected chi connectivity index (χ3v) is 3.47. The van der Waals surface area contributed by atoms with Crippen molar-refractivity contribution in [3.8, 4) is 0 Å². The average Bonchev–Trinajstić information content (AvgIpc) is 2.40. The maximum Gasteiger partial charge on any atom is -0.0276 e. The lowest BCUT2D eigenvalue weighted by molar-refractivity contribution is 0.656. The molecule has 0 radical (unpaired) electrons. The summed E-state index contributed by atoms with van der Waals surface area (Å²) in [4.78, 5) is 0. The summed E-state index contributed by atoms with van der Waals surface area (Å²) >= 11 is 0. The fourth-order valence-corrected chi connectivity index (χ4v) is 2.35. The molecule has 1 aromatic carbocycles. The van der Waals surface area contributed by atoms with E-state index >= 15 is 0 Å². The molecular formula is C17H28. The molecule has 1 aliphatic rings. The Labute approximate surface area is 107 Å². The van der Waals surface area contributed by atoms with Crippen LogP contribution in [0, 0.1) is 0 Å². The van der Waals surface area contributed by atoms with Crippen LogP contribution >= 0.6 is 0 Å². The van der Waals surface area contributed by atoms with Crippen LogP contribution in [0.15, 0.2) is 24.3 Å². The number of rotatable bonds is 4. The van der Waals surface area contributed by atoms with Crippen molar-refractivity contribution in [3.05, 3.63) is 35.4 Å². The van der Waals surface area contributed by atoms with Crippen molar-refractivity contribution in [2.45, 2.75) is 71.6 Å². The Balaban J connectivity index is 0.000000185. The van der Waals surface area contributed by atoms with Gasteiger partial charge in [-0.2, -0.15) is 0 Å². The van der Waals surface area contributed by atoms with Crippen LogP contribution in [0.25, 0.3) is 0 Å². The van der Waals surface area contributed by atoms with E-state index in [0.717, 1.165) is 0 Å². The molecule has 96 valence electrons. The zero-order valence-electron chi connectivity index (χ0n) is 11.7. The third-order valence-electron chi connectivity index (χ3n) is 3.47. The average molecular weight is 232 g/mol. The lowest BCUT2D eigenvalue weighted by Crippen LogP contribution is -2.00. The second kappa shape index (κ2) is 9.27. The van der Waals surface area contributed by atoms with Gasteiger partial charge < -0.3 is 0 Å². The van der Waals surface area contributed by atoms with Gasteiger partial charge in [0.25, 0.3) is 0 Å². The maximum absolute atomic E-state index is 2.26. The minimum absolute atomic E-state index is 1.30. The predicted molar refractivity (Wildman–Crippen MR) is 77.5 cm³/mol. The highest BCUT2D eigenvalue weighted by atomic mass is 14.1. The van der Waals surface area contributed by atoms with Crippen LogP contribution in [0.2, 0.25) is 0 Å². The van der Waals surface area contributed by atoms with Gasteiger partial charge in [-0.25, -0.2) is 0 Å². The van der Waals surface area contributed by atoms with Gasteiger partial charge in [0.1, 0.15) is 0 Å². The van der Waals surface area contributed by atoms with Crippen molar-refractivity contribution in [1.29, 1.82) is 0 Å². The van der Waals surface area contributed by atoms with E-state index in [0.29, 0.717) is 0 Å². The molecule has 0 bridgehead atoms. The Morgan fingerprint density at radius 1 is 0.765 bits per heavy atom. The van der Waals surface area contributed by atoms with Crippen molar-refractivity contribution < 1.29 is 0 Å². The lowest BCUT2D eigenvalue weighted by atomic mass is 9.92. The van der Waals surface area contributed by atoms with Gasteiger partial charge in [-0.15, -0.1) is 0 Å². The fraction of sp³-hybridized carbons (Fsp3) is 0.647. The minimum atomic E-state index is 1.30. The second-order valence-corrected chi connectivity index (χ2v) is 5.04. The van der Waals surface area contributed by atoms with Crippen LogP contribution < -0.4 is 0 Å². The Kier molecular flexibility index (Phi) is 7.79. The first-order valence-electron chi connectivity index (χ1n) is 7.45. The van der Waals surface area contributed by atoms with E-state index in [9.17, 15) is 0 Å². The van der Waals surface area contributed by atoms with Crippen LogP contribution in [0.5, 0.6) is 0 Å². The number of benzene rings is 1. The summed E-state index contributed by atoms with van der Waals surface area (Å²) in [6, 6.07) is 8.80. The Morgan fingerprint density at radius 2 is 1.24 bits per heavy atom. The summed E-state index contributed by atoms with van der Waals surface area (Å²) in [5, 5.41) is 0. The zero-order chi connectivity index (χ0) is 12.3. The van der Waals surface area contributed by atoms with Gasteiger partial charge in [0.05, 0.1) is 0 Å². The number of aryl methyl sites for hydroxylation is 2. The Hall–Kier alpha value is -0.780. The first-order chi connectivity index (χ1) is 8.38. The smallest absolute Gasteiger partial charge is 0.0276 e. The van der Waals surface area contributed by atoms with E-state index in [1.807, 2.05) is 0 Å². The largest absolute Gasteiger partial charge is 0.0654 e. The lowest BCUT2D eigenvalue weighted by Gasteiger charge is -2.13. The van der Waals surface area contributed by atoms with Gasteiger partial charge in [-0.05, 0) is 36.8 Å². The molecule has 0 nitrogen and oxygen atoms in total. The minimum Gasteiger partial charge on any atom is -0.0654 e. The van der Waals surface area contributed by atoms with Gasteiger partial charge in [0, 0.05) is 0 Å². The van der Waals surface area contributed by atoms with E-state index < -0.39 is 0 Å². The Morgan fingerprint density at radius 3 is 1.65 bits per heavy atom. The second-order valence-electron chi connectivity index (χ2n) is 5.04. The standard InChI is InChI=1S/C10H12.C7H16/c1-2-6-10-8-4-3-7-9(10)5-1;1-3-5-7-6-4-2/h1-2,5-6H,3-4,7-8H2;3-7H2,1-2H3. The molecule has 0 saturated carbocycles. The monoisotopic (exact) mass is 232 g/mol. The highest BCUT2D eigenvalue weighted by Crippen LogP contribution is 2.19. The van der Waals surface area contributed by atoms with Crippen molar-refractivity contribution in [2.75, 3.05) is 0 Å². The number of hydrogen-bond acceptors (Lipinski definition) is 0. The van der Waals surface area contributed by atoms with Crippen LogP contribution in [0.4, 0.5) is 0 Å². The van der Waals surface area contributed by atoms with E-state index in [4.69, 9.17) is 0 Å². The summed E-state index contributed by atoms with van der Waals surface area (Å²) in [6.45, 7) is 4.49. The molecule has 0 amide bonds. The summed E-state index contributed by atoms with van der Waals surface area (Å²) in [6.07, 6.45) is 12.4. The Bertz CT molecular complexity index is 259. The molecule has 0 aromatic heterocycles. The van der Waals surface area contributed by atoms with Crippen molar-refractivity contribution >= 4 is 0 Å². The van der Waals surface area contributed by atoms with E-state index in [1.54, 1.807) is 11.1 Å². The van der Waals surface area contributed by atoms with Gasteiger partial charge in [-0.3, -0.25) is 0 Å². The molecule has 0 atom stereocenters. The molecule has 0 spiro atoms. The number of hydrogen-bond donors (Lipinski definition) is 0. The van der Waals surface area contributed by atoms with Crippen LogP contribution in [-0.4, -0.2) is 0 Å². The molecule has 0 unspecified atom stereocenters. The first-order valence-corrected chi connectivity index (χ1v) is 7.45. The maximum atomic E-state index is 2.26. The fourth-order valence-electron chi connectivity index (χ4n) is 2.35. The summed E-state index contributed by atoms with van der Waals surface area (Å²) < 4.78 is 0. The van der Waals surface area contributed by atoms with E-state index in [2.05, 4.69) is 38.1 Å². The normalized spacial score (nSPS) is 13.5. The SMILES string of the molecule is CCCCCCC.c1ccc2c(c1)CCCC2. The van der Waals surface area contributed by atoms with Gasteiger partial charge in [-0.1, -0.05) is 70.2 Å². The molecule has 0 heterocycles. The van der Waals surface area contributed by atoms with Crippen LogP contribution in [0.1, 0.15) is 69.9 Å². The topological polar surface area (TPSA) is 0 Å². The molecule has 1 aromatic rings. The van der Waals surface area contributed by atoms with Crippen LogP contribution in [-0.2, 0) is 12.8 Å². The van der Waals surface area contributed by atoms with Gasteiger partial charge >= 0.3 is 0 Å². The van der Waals surface area contributed by atoms with Crippen molar-refractivity contribution in [3.63, 3.8) is 0 Å². The van der Waals surface area contributed by atoms with Gasteiger partial charge in [0.15, 0.2) is 0 Å². The molecule has 0 saturated heterocycles. The van der Waals surface area contributed by atoms with E-state index in [-0.39, 0.29) is 0 Å². The highest BCUT2D eigenvalue weighted by molar-refractivity contribution is 5.28.